The maximum Gasteiger partial charge on any atom is 0.222 e. The lowest BCUT2D eigenvalue weighted by molar-refractivity contribution is -0.117. The highest BCUT2D eigenvalue weighted by Gasteiger charge is 2.26. The molecule has 1 aliphatic heterocycles. The Hall–Kier alpha value is -2.82. The van der Waals surface area contributed by atoms with Gasteiger partial charge in [-0.1, -0.05) is 38.3 Å². The van der Waals surface area contributed by atoms with Crippen molar-refractivity contribution in [2.45, 2.75) is 70.8 Å². The van der Waals surface area contributed by atoms with Gasteiger partial charge >= 0.3 is 0 Å². The van der Waals surface area contributed by atoms with Gasteiger partial charge < -0.3 is 16.4 Å². The molecule has 2 aromatic carbocycles. The first-order chi connectivity index (χ1) is 15.0. The van der Waals surface area contributed by atoms with Crippen molar-refractivity contribution < 1.29 is 9.18 Å². The number of carbonyl (C=O) groups excluding carboxylic acids is 1. The van der Waals surface area contributed by atoms with E-state index in [4.69, 9.17) is 5.73 Å². The first-order valence-electron chi connectivity index (χ1n) is 11.4. The fourth-order valence-corrected chi connectivity index (χ4v) is 4.99. The van der Waals surface area contributed by atoms with E-state index in [0.717, 1.165) is 34.4 Å². The van der Waals surface area contributed by atoms with Crippen LogP contribution in [0, 0.1) is 12.7 Å². The smallest absolute Gasteiger partial charge is 0.222 e. The fourth-order valence-electron chi connectivity index (χ4n) is 4.99. The summed E-state index contributed by atoms with van der Waals surface area (Å²) < 4.78 is 15.1. The van der Waals surface area contributed by atoms with Crippen LogP contribution in [0.5, 0.6) is 0 Å². The van der Waals surface area contributed by atoms with Crippen LogP contribution in [-0.4, -0.2) is 11.9 Å². The Balaban J connectivity index is 1.74. The fraction of sp³-hybridized carbons (Fsp3) is 0.423. The molecule has 2 aromatic rings. The van der Waals surface area contributed by atoms with Gasteiger partial charge in [0.25, 0.3) is 0 Å². The van der Waals surface area contributed by atoms with Gasteiger partial charge in [-0.05, 0) is 72.8 Å². The van der Waals surface area contributed by atoms with E-state index in [9.17, 15) is 4.79 Å². The van der Waals surface area contributed by atoms with Crippen molar-refractivity contribution in [3.05, 3.63) is 59.0 Å². The second-order valence-electron chi connectivity index (χ2n) is 8.84. The number of hydrogen-bond acceptors (Lipinski definition) is 3. The molecule has 31 heavy (non-hydrogen) atoms. The summed E-state index contributed by atoms with van der Waals surface area (Å²) in [5.74, 6) is -0.779. The van der Waals surface area contributed by atoms with Crippen LogP contribution in [-0.2, 0) is 11.2 Å². The number of aryl methyl sites for hydroxylation is 1. The first kappa shape index (κ1) is 21.4. The van der Waals surface area contributed by atoms with E-state index in [1.165, 1.54) is 32.1 Å². The van der Waals surface area contributed by atoms with E-state index in [2.05, 4.69) is 48.8 Å². The number of allylic oxidation sites excluding steroid dienone is 1. The molecule has 0 radical (unpaired) electrons. The lowest BCUT2D eigenvalue weighted by Gasteiger charge is -2.28. The molecular weight excluding hydrogens is 389 g/mol. The minimum Gasteiger partial charge on any atom is -0.382 e. The van der Waals surface area contributed by atoms with Crippen molar-refractivity contribution in [1.82, 2.24) is 0 Å². The molecule has 1 aliphatic carbocycles. The van der Waals surface area contributed by atoms with Gasteiger partial charge in [0.1, 0.15) is 5.82 Å². The zero-order valence-electron chi connectivity index (χ0n) is 18.4. The predicted molar refractivity (Wildman–Crippen MR) is 126 cm³/mol. The standard InChI is InChI=1S/C26H32FN3O/c1-3-17-11-12-29-26-21(15-24(28)31)22(27)14-20(25(17)26)18-9-10-23(16(2)13-18)30-19-7-5-4-6-8-19/h9-14,17,19,29-30H,3-8,15H2,1-2H3,(H2,28,31). The van der Waals surface area contributed by atoms with Crippen LogP contribution in [0.1, 0.15) is 68.1 Å². The number of nitrogens with two attached hydrogens (primary N) is 1. The van der Waals surface area contributed by atoms with Crippen LogP contribution in [0.4, 0.5) is 15.8 Å². The van der Waals surface area contributed by atoms with Gasteiger partial charge in [-0.3, -0.25) is 4.79 Å². The number of rotatable bonds is 6. The monoisotopic (exact) mass is 421 g/mol. The van der Waals surface area contributed by atoms with E-state index >= 15 is 4.39 Å². The summed E-state index contributed by atoms with van der Waals surface area (Å²) in [6.45, 7) is 4.22. The molecule has 4 nitrogen and oxygen atoms in total. The SMILES string of the molecule is CCC1C=CNc2c(CC(N)=O)c(F)cc(-c3ccc(NC4CCCCC4)c(C)c3)c21. The summed E-state index contributed by atoms with van der Waals surface area (Å²) in [6.07, 6.45) is 11.1. The van der Waals surface area contributed by atoms with Gasteiger partial charge in [0, 0.05) is 28.9 Å². The van der Waals surface area contributed by atoms with Gasteiger partial charge in [-0.2, -0.15) is 0 Å². The number of halogens is 1. The van der Waals surface area contributed by atoms with Gasteiger partial charge in [0.05, 0.1) is 6.42 Å². The molecule has 4 rings (SSSR count). The molecular formula is C26H32FN3O. The number of primary amides is 1. The zero-order valence-corrected chi connectivity index (χ0v) is 18.4. The molecule has 1 amide bonds. The van der Waals surface area contributed by atoms with Gasteiger partial charge in [0.15, 0.2) is 0 Å². The molecule has 1 atom stereocenters. The summed E-state index contributed by atoms with van der Waals surface area (Å²) in [5, 5.41) is 6.89. The van der Waals surface area contributed by atoms with Gasteiger partial charge in [0.2, 0.25) is 5.91 Å². The Morgan fingerprint density at radius 2 is 2.00 bits per heavy atom. The third kappa shape index (κ3) is 4.46. The third-order valence-electron chi connectivity index (χ3n) is 6.64. The van der Waals surface area contributed by atoms with Crippen LogP contribution in [0.15, 0.2) is 36.5 Å². The highest BCUT2D eigenvalue weighted by molar-refractivity contribution is 5.85. The molecule has 4 N–H and O–H groups in total. The number of benzene rings is 2. The lowest BCUT2D eigenvalue weighted by atomic mass is 9.83. The summed E-state index contributed by atoms with van der Waals surface area (Å²) in [6, 6.07) is 8.44. The van der Waals surface area contributed by atoms with E-state index in [1.807, 2.05) is 6.20 Å². The number of anilines is 2. The van der Waals surface area contributed by atoms with Crippen molar-refractivity contribution in [3.8, 4) is 11.1 Å². The Kier molecular flexibility index (Phi) is 6.30. The molecule has 0 bridgehead atoms. The number of carbonyl (C=O) groups is 1. The average molecular weight is 422 g/mol. The maximum atomic E-state index is 15.1. The Morgan fingerprint density at radius 1 is 1.23 bits per heavy atom. The van der Waals surface area contributed by atoms with E-state index in [1.54, 1.807) is 6.07 Å². The Morgan fingerprint density at radius 3 is 2.68 bits per heavy atom. The van der Waals surface area contributed by atoms with Crippen LogP contribution in [0.25, 0.3) is 11.1 Å². The molecule has 2 aliphatic rings. The van der Waals surface area contributed by atoms with Crippen molar-refractivity contribution >= 4 is 17.3 Å². The largest absolute Gasteiger partial charge is 0.382 e. The summed E-state index contributed by atoms with van der Waals surface area (Å²) in [7, 11) is 0. The highest BCUT2D eigenvalue weighted by atomic mass is 19.1. The first-order valence-corrected chi connectivity index (χ1v) is 11.4. The maximum absolute atomic E-state index is 15.1. The number of fused-ring (bicyclic) bond motifs is 1. The van der Waals surface area contributed by atoms with Gasteiger partial charge in [-0.15, -0.1) is 0 Å². The quantitative estimate of drug-likeness (QED) is 0.535. The molecule has 1 fully saturated rings. The lowest BCUT2D eigenvalue weighted by Crippen LogP contribution is -2.22. The summed E-state index contributed by atoms with van der Waals surface area (Å²) in [5.41, 5.74) is 11.6. The molecule has 1 saturated carbocycles. The van der Waals surface area contributed by atoms with E-state index < -0.39 is 11.7 Å². The molecule has 0 saturated heterocycles. The van der Waals surface area contributed by atoms with Crippen LogP contribution >= 0.6 is 0 Å². The van der Waals surface area contributed by atoms with E-state index in [0.29, 0.717) is 17.3 Å². The zero-order chi connectivity index (χ0) is 22.0. The molecule has 1 unspecified atom stereocenters. The predicted octanol–water partition coefficient (Wildman–Crippen LogP) is 6.01. The summed E-state index contributed by atoms with van der Waals surface area (Å²) >= 11 is 0. The molecule has 164 valence electrons. The minimum absolute atomic E-state index is 0.116. The normalized spacial score (nSPS) is 18.4. The number of hydrogen-bond donors (Lipinski definition) is 3. The highest BCUT2D eigenvalue weighted by Crippen LogP contribution is 2.43. The van der Waals surface area contributed by atoms with Crippen LogP contribution in [0.3, 0.4) is 0 Å². The van der Waals surface area contributed by atoms with E-state index in [-0.39, 0.29) is 12.3 Å². The average Bonchev–Trinajstić information content (AvgIpc) is 2.77. The Bertz CT molecular complexity index is 1010. The minimum atomic E-state index is -0.535. The van der Waals surface area contributed by atoms with Gasteiger partial charge in [-0.25, -0.2) is 4.39 Å². The van der Waals surface area contributed by atoms with Crippen molar-refractivity contribution in [3.63, 3.8) is 0 Å². The van der Waals surface area contributed by atoms with Crippen molar-refractivity contribution in [2.75, 3.05) is 10.6 Å². The molecule has 5 heteroatoms. The van der Waals surface area contributed by atoms with Crippen molar-refractivity contribution in [2.24, 2.45) is 5.73 Å². The third-order valence-corrected chi connectivity index (χ3v) is 6.64. The second-order valence-corrected chi connectivity index (χ2v) is 8.84. The number of nitrogens with one attached hydrogen (secondary N) is 2. The molecule has 1 heterocycles. The topological polar surface area (TPSA) is 67.1 Å². The Labute approximate surface area is 184 Å². The van der Waals surface area contributed by atoms with Crippen LogP contribution < -0.4 is 16.4 Å². The van der Waals surface area contributed by atoms with Crippen molar-refractivity contribution in [1.29, 1.82) is 0 Å². The molecule has 0 aromatic heterocycles. The summed E-state index contributed by atoms with van der Waals surface area (Å²) in [4.78, 5) is 11.6. The number of amides is 1. The molecule has 0 spiro atoms. The second kappa shape index (κ2) is 9.13. The van der Waals surface area contributed by atoms with Crippen LogP contribution in [0.2, 0.25) is 0 Å².